The molecule has 1 aromatic carbocycles. The van der Waals surface area contributed by atoms with Gasteiger partial charge in [-0.15, -0.1) is 0 Å². The summed E-state index contributed by atoms with van der Waals surface area (Å²) in [5, 5.41) is 9.61. The summed E-state index contributed by atoms with van der Waals surface area (Å²) in [5.41, 5.74) is 0.942. The highest BCUT2D eigenvalue weighted by Gasteiger charge is 2.12. The summed E-state index contributed by atoms with van der Waals surface area (Å²) in [7, 11) is 1.22. The molecule has 0 heterocycles. The second-order valence-corrected chi connectivity index (χ2v) is 3.83. The summed E-state index contributed by atoms with van der Waals surface area (Å²) in [6, 6.07) is 9.44. The molecule has 1 N–H and O–H groups in total. The van der Waals surface area contributed by atoms with Crippen LogP contribution < -0.4 is 0 Å². The van der Waals surface area contributed by atoms with Gasteiger partial charge in [0.2, 0.25) is 0 Å². The number of Topliss-reactive ketones (excluding diaryl/α,β-unsaturated/α-hetero) is 1. The summed E-state index contributed by atoms with van der Waals surface area (Å²) in [5.74, 6) is -0.925. The molecule has 0 aliphatic carbocycles. The highest BCUT2D eigenvalue weighted by Crippen LogP contribution is 2.05. The minimum Gasteiger partial charge on any atom is -0.469 e. The fraction of sp³-hybridized carbons (Fsp3) is 0.286. The number of ether oxygens (including phenoxy) is 1. The van der Waals surface area contributed by atoms with E-state index in [1.165, 1.54) is 13.2 Å². The monoisotopic (exact) mass is 248 g/mol. The molecular weight excluding hydrogens is 232 g/mol. The lowest BCUT2D eigenvalue weighted by Gasteiger charge is -2.04. The van der Waals surface area contributed by atoms with E-state index in [-0.39, 0.29) is 18.6 Å². The van der Waals surface area contributed by atoms with E-state index in [0.29, 0.717) is 0 Å². The van der Waals surface area contributed by atoms with Crippen LogP contribution in [0.5, 0.6) is 0 Å². The van der Waals surface area contributed by atoms with E-state index >= 15 is 0 Å². The second kappa shape index (κ2) is 7.40. The summed E-state index contributed by atoms with van der Waals surface area (Å²) in [6.45, 7) is 0. The van der Waals surface area contributed by atoms with E-state index in [9.17, 15) is 14.7 Å². The van der Waals surface area contributed by atoms with E-state index < -0.39 is 12.1 Å². The lowest BCUT2D eigenvalue weighted by molar-refractivity contribution is -0.143. The number of esters is 1. The van der Waals surface area contributed by atoms with Crippen LogP contribution in [0, 0.1) is 0 Å². The minimum atomic E-state index is -0.887. The zero-order valence-electron chi connectivity index (χ0n) is 10.2. The van der Waals surface area contributed by atoms with Crippen LogP contribution in [-0.2, 0) is 14.3 Å². The first-order valence-corrected chi connectivity index (χ1v) is 5.61. The number of benzene rings is 1. The molecule has 0 aromatic heterocycles. The third-order valence-electron chi connectivity index (χ3n) is 2.32. The predicted octanol–water partition coefficient (Wildman–Crippen LogP) is 1.58. The summed E-state index contributed by atoms with van der Waals surface area (Å²) in [6.07, 6.45) is 1.99. The fourth-order valence-corrected chi connectivity index (χ4v) is 1.39. The molecule has 4 heteroatoms. The van der Waals surface area contributed by atoms with Gasteiger partial charge in [0.15, 0.2) is 0 Å². The molecule has 0 radical (unpaired) electrons. The number of methoxy groups -OCH3 is 1. The average Bonchev–Trinajstić information content (AvgIpc) is 2.37. The second-order valence-electron chi connectivity index (χ2n) is 3.83. The summed E-state index contributed by atoms with van der Waals surface area (Å²) >= 11 is 0. The zero-order chi connectivity index (χ0) is 13.4. The maximum atomic E-state index is 11.3. The molecule has 18 heavy (non-hydrogen) atoms. The Bertz CT molecular complexity index is 423. The van der Waals surface area contributed by atoms with Gasteiger partial charge in [-0.25, -0.2) is 0 Å². The van der Waals surface area contributed by atoms with Gasteiger partial charge in [-0.2, -0.15) is 0 Å². The SMILES string of the molecule is COC(=O)CC(=O)C[C@@H](O)/C=C/c1ccccc1. The van der Waals surface area contributed by atoms with Crippen LogP contribution >= 0.6 is 0 Å². The summed E-state index contributed by atoms with van der Waals surface area (Å²) in [4.78, 5) is 22.2. The van der Waals surface area contributed by atoms with Crippen LogP contribution in [0.4, 0.5) is 0 Å². The first-order chi connectivity index (χ1) is 8.61. The van der Waals surface area contributed by atoms with Gasteiger partial charge >= 0.3 is 5.97 Å². The molecule has 0 unspecified atom stereocenters. The topological polar surface area (TPSA) is 63.6 Å². The van der Waals surface area contributed by atoms with Crippen LogP contribution in [0.25, 0.3) is 6.08 Å². The number of rotatable bonds is 6. The zero-order valence-corrected chi connectivity index (χ0v) is 10.2. The van der Waals surface area contributed by atoms with Crippen LogP contribution in [-0.4, -0.2) is 30.1 Å². The Balaban J connectivity index is 2.42. The highest BCUT2D eigenvalue weighted by molar-refractivity contribution is 5.95. The Morgan fingerprint density at radius 2 is 2.00 bits per heavy atom. The third-order valence-corrected chi connectivity index (χ3v) is 2.32. The molecule has 0 saturated heterocycles. The number of ketones is 1. The maximum absolute atomic E-state index is 11.3. The molecule has 0 amide bonds. The lowest BCUT2D eigenvalue weighted by atomic mass is 10.1. The van der Waals surface area contributed by atoms with Gasteiger partial charge in [0.05, 0.1) is 13.2 Å². The van der Waals surface area contributed by atoms with Crippen molar-refractivity contribution in [3.05, 3.63) is 42.0 Å². The van der Waals surface area contributed by atoms with Crippen molar-refractivity contribution in [2.24, 2.45) is 0 Å². The molecule has 4 nitrogen and oxygen atoms in total. The Kier molecular flexibility index (Phi) is 5.80. The Morgan fingerprint density at radius 1 is 1.33 bits per heavy atom. The molecule has 1 rings (SSSR count). The molecule has 0 fully saturated rings. The predicted molar refractivity (Wildman–Crippen MR) is 67.7 cm³/mol. The number of aliphatic hydroxyl groups excluding tert-OH is 1. The standard InChI is InChI=1S/C14H16O4/c1-18-14(17)10-13(16)9-12(15)8-7-11-5-3-2-4-6-11/h2-8,12,15H,9-10H2,1H3/b8-7+/t12-/m0/s1. The van der Waals surface area contributed by atoms with E-state index in [2.05, 4.69) is 4.74 Å². The Labute approximate surface area is 106 Å². The van der Waals surface area contributed by atoms with Gasteiger partial charge < -0.3 is 9.84 Å². The third kappa shape index (κ3) is 5.41. The van der Waals surface area contributed by atoms with Gasteiger partial charge in [-0.1, -0.05) is 42.5 Å². The van der Waals surface area contributed by atoms with Crippen LogP contribution in [0.3, 0.4) is 0 Å². The van der Waals surface area contributed by atoms with Crippen molar-refractivity contribution in [1.82, 2.24) is 0 Å². The smallest absolute Gasteiger partial charge is 0.313 e. The van der Waals surface area contributed by atoms with Gasteiger partial charge in [0.1, 0.15) is 12.2 Å². The molecule has 0 saturated carbocycles. The molecule has 0 bridgehead atoms. The number of carbonyl (C=O) groups excluding carboxylic acids is 2. The average molecular weight is 248 g/mol. The number of carbonyl (C=O) groups is 2. The summed E-state index contributed by atoms with van der Waals surface area (Å²) < 4.78 is 4.37. The van der Waals surface area contributed by atoms with Gasteiger partial charge in [0.25, 0.3) is 0 Å². The number of aliphatic hydroxyl groups is 1. The van der Waals surface area contributed by atoms with Crippen molar-refractivity contribution in [3.8, 4) is 0 Å². The van der Waals surface area contributed by atoms with Crippen LogP contribution in [0.2, 0.25) is 0 Å². The first-order valence-electron chi connectivity index (χ1n) is 5.61. The van der Waals surface area contributed by atoms with E-state index in [1.54, 1.807) is 6.08 Å². The fourth-order valence-electron chi connectivity index (χ4n) is 1.39. The number of hydrogen-bond acceptors (Lipinski definition) is 4. The molecular formula is C14H16O4. The maximum Gasteiger partial charge on any atom is 0.313 e. The minimum absolute atomic E-state index is 0.0849. The molecule has 1 atom stereocenters. The lowest BCUT2D eigenvalue weighted by Crippen LogP contribution is -2.15. The first kappa shape index (κ1) is 14.1. The van der Waals surface area contributed by atoms with Gasteiger partial charge in [-0.3, -0.25) is 9.59 Å². The largest absolute Gasteiger partial charge is 0.469 e. The Hall–Kier alpha value is -1.94. The molecule has 0 aliphatic rings. The highest BCUT2D eigenvalue weighted by atomic mass is 16.5. The van der Waals surface area contributed by atoms with Crippen molar-refractivity contribution in [2.45, 2.75) is 18.9 Å². The van der Waals surface area contributed by atoms with Crippen molar-refractivity contribution in [3.63, 3.8) is 0 Å². The quantitative estimate of drug-likeness (QED) is 0.613. The molecule has 0 spiro atoms. The molecule has 96 valence electrons. The van der Waals surface area contributed by atoms with E-state index in [0.717, 1.165) is 5.56 Å². The van der Waals surface area contributed by atoms with Crippen molar-refractivity contribution in [1.29, 1.82) is 0 Å². The molecule has 1 aromatic rings. The van der Waals surface area contributed by atoms with E-state index in [1.807, 2.05) is 30.3 Å². The van der Waals surface area contributed by atoms with Crippen LogP contribution in [0.15, 0.2) is 36.4 Å². The Morgan fingerprint density at radius 3 is 2.61 bits per heavy atom. The van der Waals surface area contributed by atoms with Gasteiger partial charge in [-0.05, 0) is 5.56 Å². The van der Waals surface area contributed by atoms with Crippen molar-refractivity contribution in [2.75, 3.05) is 7.11 Å². The van der Waals surface area contributed by atoms with Crippen molar-refractivity contribution >= 4 is 17.8 Å². The normalized spacial score (nSPS) is 12.3. The van der Waals surface area contributed by atoms with E-state index in [4.69, 9.17) is 0 Å². The van der Waals surface area contributed by atoms with Gasteiger partial charge in [0, 0.05) is 6.42 Å². The number of hydrogen-bond donors (Lipinski definition) is 1. The van der Waals surface area contributed by atoms with Crippen LogP contribution in [0.1, 0.15) is 18.4 Å². The molecule has 0 aliphatic heterocycles. The van der Waals surface area contributed by atoms with Crippen molar-refractivity contribution < 1.29 is 19.4 Å².